The van der Waals surface area contributed by atoms with Crippen LogP contribution in [0.3, 0.4) is 0 Å². The van der Waals surface area contributed by atoms with E-state index in [2.05, 4.69) is 33.0 Å². The molecule has 0 saturated carbocycles. The molecule has 0 unspecified atom stereocenters. The average molecular weight is 603 g/mol. The highest BCUT2D eigenvalue weighted by molar-refractivity contribution is 9.10. The predicted molar refractivity (Wildman–Crippen MR) is 151 cm³/mol. The summed E-state index contributed by atoms with van der Waals surface area (Å²) < 4.78 is 45.4. The van der Waals surface area contributed by atoms with Crippen molar-refractivity contribution in [2.24, 2.45) is 5.10 Å². The van der Waals surface area contributed by atoms with Gasteiger partial charge in [0.15, 0.2) is 11.5 Å². The molecule has 0 atom stereocenters. The topological polar surface area (TPSA) is 107 Å². The summed E-state index contributed by atoms with van der Waals surface area (Å²) in [5.74, 6) is 0.649. The third kappa shape index (κ3) is 7.14. The molecule has 3 aromatic carbocycles. The van der Waals surface area contributed by atoms with Gasteiger partial charge in [-0.05, 0) is 64.8 Å². The maximum absolute atomic E-state index is 13.5. The van der Waals surface area contributed by atoms with Gasteiger partial charge < -0.3 is 14.2 Å². The summed E-state index contributed by atoms with van der Waals surface area (Å²) in [5, 5.41) is 4.00. The molecule has 0 aliphatic rings. The number of amides is 1. The number of nitrogens with one attached hydrogen (secondary N) is 1. The normalized spacial score (nSPS) is 11.1. The number of rotatable bonds is 13. The molecule has 9 nitrogen and oxygen atoms in total. The van der Waals surface area contributed by atoms with Crippen LogP contribution < -0.4 is 23.9 Å². The quantitative estimate of drug-likeness (QED) is 0.172. The van der Waals surface area contributed by atoms with Gasteiger partial charge in [0.25, 0.3) is 15.9 Å². The number of nitrogens with zero attached hydrogens (tertiary/aromatic N) is 2. The van der Waals surface area contributed by atoms with Crippen LogP contribution in [0.25, 0.3) is 0 Å². The fraction of sp³-hybridized carbons (Fsp3) is 0.185. The highest BCUT2D eigenvalue weighted by Crippen LogP contribution is 2.36. The minimum atomic E-state index is -4.10. The van der Waals surface area contributed by atoms with E-state index in [0.29, 0.717) is 40.5 Å². The van der Waals surface area contributed by atoms with Crippen LogP contribution in [-0.2, 0) is 14.8 Å². The lowest BCUT2D eigenvalue weighted by Crippen LogP contribution is -2.39. The molecule has 1 N–H and O–H groups in total. The van der Waals surface area contributed by atoms with Crippen LogP contribution in [0.5, 0.6) is 17.2 Å². The minimum absolute atomic E-state index is 0.0401. The summed E-state index contributed by atoms with van der Waals surface area (Å²) in [6.45, 7) is 5.52. The Morgan fingerprint density at radius 2 is 1.79 bits per heavy atom. The van der Waals surface area contributed by atoms with Crippen molar-refractivity contribution in [3.63, 3.8) is 0 Å². The Kier molecular flexibility index (Phi) is 10.3. The van der Waals surface area contributed by atoms with E-state index in [4.69, 9.17) is 14.2 Å². The first-order valence-electron chi connectivity index (χ1n) is 11.5. The average Bonchev–Trinajstić information content (AvgIpc) is 2.92. The lowest BCUT2D eigenvalue weighted by atomic mass is 10.2. The summed E-state index contributed by atoms with van der Waals surface area (Å²) in [6.07, 6.45) is 3.03. The van der Waals surface area contributed by atoms with Gasteiger partial charge in [0.1, 0.15) is 18.9 Å². The van der Waals surface area contributed by atoms with E-state index in [9.17, 15) is 13.2 Å². The number of halogens is 1. The van der Waals surface area contributed by atoms with Crippen molar-refractivity contribution in [3.8, 4) is 17.2 Å². The molecule has 0 radical (unpaired) electrons. The second kappa shape index (κ2) is 13.6. The third-order valence-corrected chi connectivity index (χ3v) is 7.42. The molecule has 0 saturated heterocycles. The van der Waals surface area contributed by atoms with Crippen LogP contribution in [0.4, 0.5) is 5.69 Å². The first kappa shape index (κ1) is 28.7. The third-order valence-electron chi connectivity index (χ3n) is 5.05. The van der Waals surface area contributed by atoms with Crippen LogP contribution in [-0.4, -0.2) is 47.4 Å². The zero-order valence-electron chi connectivity index (χ0n) is 21.0. The summed E-state index contributed by atoms with van der Waals surface area (Å²) in [4.78, 5) is 12.9. The summed E-state index contributed by atoms with van der Waals surface area (Å²) in [5.41, 5.74) is 3.24. The first-order chi connectivity index (χ1) is 18.3. The lowest BCUT2D eigenvalue weighted by Gasteiger charge is -2.25. The lowest BCUT2D eigenvalue weighted by molar-refractivity contribution is -0.119. The molecule has 1 amide bonds. The highest BCUT2D eigenvalue weighted by Gasteiger charge is 2.29. The van der Waals surface area contributed by atoms with Gasteiger partial charge in [-0.2, -0.15) is 5.10 Å². The molecule has 38 heavy (non-hydrogen) atoms. The van der Waals surface area contributed by atoms with E-state index < -0.39 is 22.5 Å². The van der Waals surface area contributed by atoms with Crippen molar-refractivity contribution in [3.05, 3.63) is 89.4 Å². The maximum Gasteiger partial charge on any atom is 0.264 e. The monoisotopic (exact) mass is 601 g/mol. The van der Waals surface area contributed by atoms with Gasteiger partial charge >= 0.3 is 0 Å². The largest absolute Gasteiger partial charge is 0.493 e. The SMILES string of the molecule is C=CCOc1c(Br)cc(/C=N/NC(=O)CN(c2ccccc2OCC)S(=O)(=O)c2ccccc2)cc1OC. The molecule has 0 aliphatic carbocycles. The Labute approximate surface area is 230 Å². The molecule has 200 valence electrons. The Morgan fingerprint density at radius 3 is 2.47 bits per heavy atom. The van der Waals surface area contributed by atoms with E-state index in [0.717, 1.165) is 4.31 Å². The summed E-state index contributed by atoms with van der Waals surface area (Å²) in [7, 11) is -2.59. The highest BCUT2D eigenvalue weighted by atomic mass is 79.9. The van der Waals surface area contributed by atoms with Gasteiger partial charge in [0, 0.05) is 0 Å². The van der Waals surface area contributed by atoms with Gasteiger partial charge in [0.2, 0.25) is 0 Å². The van der Waals surface area contributed by atoms with Gasteiger partial charge in [-0.25, -0.2) is 13.8 Å². The number of carbonyl (C=O) groups is 1. The molecular formula is C27H28BrN3O6S. The second-order valence-corrected chi connectivity index (χ2v) is 10.4. The molecule has 0 aromatic heterocycles. The van der Waals surface area contributed by atoms with Crippen LogP contribution in [0.1, 0.15) is 12.5 Å². The summed E-state index contributed by atoms with van der Waals surface area (Å²) in [6, 6.07) is 17.9. The van der Waals surface area contributed by atoms with Gasteiger partial charge in [-0.1, -0.05) is 43.0 Å². The molecule has 3 aromatic rings. The molecule has 0 fully saturated rings. The second-order valence-electron chi connectivity index (χ2n) is 7.65. The fourth-order valence-electron chi connectivity index (χ4n) is 3.40. The number of para-hydroxylation sites is 2. The van der Waals surface area contributed by atoms with Gasteiger partial charge in [0.05, 0.1) is 35.0 Å². The molecule has 0 aliphatic heterocycles. The van der Waals surface area contributed by atoms with Crippen LogP contribution in [0, 0.1) is 0 Å². The minimum Gasteiger partial charge on any atom is -0.493 e. The zero-order valence-corrected chi connectivity index (χ0v) is 23.4. The Hall–Kier alpha value is -3.83. The Balaban J connectivity index is 1.85. The van der Waals surface area contributed by atoms with Crippen LogP contribution in [0.2, 0.25) is 0 Å². The zero-order chi connectivity index (χ0) is 27.5. The van der Waals surface area contributed by atoms with Crippen molar-refractivity contribution in [2.75, 3.05) is 31.2 Å². The van der Waals surface area contributed by atoms with Gasteiger partial charge in [-0.3, -0.25) is 9.10 Å². The Morgan fingerprint density at radius 1 is 1.08 bits per heavy atom. The molecule has 0 heterocycles. The fourth-order valence-corrected chi connectivity index (χ4v) is 5.43. The van der Waals surface area contributed by atoms with E-state index in [1.807, 2.05) is 0 Å². The molecule has 11 heteroatoms. The van der Waals surface area contributed by atoms with Gasteiger partial charge in [-0.15, -0.1) is 0 Å². The van der Waals surface area contributed by atoms with Crippen molar-refractivity contribution < 1.29 is 27.4 Å². The Bertz CT molecular complexity index is 1400. The van der Waals surface area contributed by atoms with Crippen molar-refractivity contribution in [2.45, 2.75) is 11.8 Å². The number of hydrogen-bond acceptors (Lipinski definition) is 7. The van der Waals surface area contributed by atoms with Crippen molar-refractivity contribution in [1.82, 2.24) is 5.43 Å². The number of hydrazone groups is 1. The van der Waals surface area contributed by atoms with Crippen molar-refractivity contribution in [1.29, 1.82) is 0 Å². The molecule has 0 bridgehead atoms. The number of hydrogen-bond donors (Lipinski definition) is 1. The number of benzene rings is 3. The van der Waals surface area contributed by atoms with Crippen LogP contribution >= 0.6 is 15.9 Å². The summed E-state index contributed by atoms with van der Waals surface area (Å²) >= 11 is 3.44. The van der Waals surface area contributed by atoms with E-state index in [-0.39, 0.29) is 10.6 Å². The number of carbonyl (C=O) groups excluding carboxylic acids is 1. The molecular weight excluding hydrogens is 574 g/mol. The molecule has 3 rings (SSSR count). The number of sulfonamides is 1. The van der Waals surface area contributed by atoms with Crippen molar-refractivity contribution >= 4 is 43.8 Å². The van der Waals surface area contributed by atoms with E-state index >= 15 is 0 Å². The van der Waals surface area contributed by atoms with E-state index in [1.165, 1.54) is 25.5 Å². The standard InChI is InChI=1S/C27H28BrN3O6S/c1-4-15-37-27-22(28)16-20(17-25(27)35-3)18-29-30-26(32)19-31(23-13-9-10-14-24(23)36-5-2)38(33,34)21-11-7-6-8-12-21/h4,6-14,16-18H,1,5,15,19H2,2-3H3,(H,30,32)/b29-18+. The molecule has 0 spiro atoms. The van der Waals surface area contributed by atoms with E-state index in [1.54, 1.807) is 67.6 Å². The first-order valence-corrected chi connectivity index (χ1v) is 13.8. The van der Waals surface area contributed by atoms with Crippen LogP contribution in [0.15, 0.2) is 93.9 Å². The number of ether oxygens (including phenoxy) is 3. The number of anilines is 1. The predicted octanol–water partition coefficient (Wildman–Crippen LogP) is 4.77. The smallest absolute Gasteiger partial charge is 0.264 e. The number of methoxy groups -OCH3 is 1. The maximum atomic E-state index is 13.5.